The molecule has 3 aliphatic rings. The van der Waals surface area contributed by atoms with E-state index < -0.39 is 102 Å². The van der Waals surface area contributed by atoms with Crippen LogP contribution in [0.3, 0.4) is 0 Å². The lowest BCUT2D eigenvalue weighted by Gasteiger charge is -2.49. The Morgan fingerprint density at radius 3 is 2.10 bits per heavy atom. The lowest BCUT2D eigenvalue weighted by molar-refractivity contribution is -0.318. The van der Waals surface area contributed by atoms with Gasteiger partial charge in [0.1, 0.15) is 23.9 Å². The van der Waals surface area contributed by atoms with Crippen molar-refractivity contribution in [2.24, 2.45) is 23.7 Å². The molecule has 61 heavy (non-hydrogen) atoms. The van der Waals surface area contributed by atoms with E-state index in [4.69, 9.17) is 28.4 Å². The van der Waals surface area contributed by atoms with Gasteiger partial charge < -0.3 is 64.2 Å². The van der Waals surface area contributed by atoms with Crippen LogP contribution in [0, 0.1) is 23.7 Å². The van der Waals surface area contributed by atoms with Crippen LogP contribution >= 0.6 is 0 Å². The summed E-state index contributed by atoms with van der Waals surface area (Å²) in [5, 5.41) is 63.5. The number of allylic oxidation sites excluding steroid dienone is 2. The third-order valence-corrected chi connectivity index (χ3v) is 14.2. The Morgan fingerprint density at radius 1 is 0.869 bits per heavy atom. The number of aliphatic hydroxyl groups is 5. The molecule has 0 bridgehead atoms. The second-order valence-electron chi connectivity index (χ2n) is 19.8. The summed E-state index contributed by atoms with van der Waals surface area (Å²) in [5.41, 5.74) is -4.50. The van der Waals surface area contributed by atoms with Gasteiger partial charge in [-0.25, -0.2) is 0 Å². The Bertz CT molecular complexity index is 1330. The topological polar surface area (TPSA) is 189 Å². The van der Waals surface area contributed by atoms with Crippen LogP contribution in [0.2, 0.25) is 0 Å². The fourth-order valence-corrected chi connectivity index (χ4v) is 10.2. The highest BCUT2D eigenvalue weighted by atomic mass is 16.7. The molecular formula is C47H88N2O12. The molecule has 0 amide bonds. The van der Waals surface area contributed by atoms with Gasteiger partial charge in [-0.2, -0.15) is 0 Å². The summed E-state index contributed by atoms with van der Waals surface area (Å²) < 4.78 is 38.1. The molecule has 0 aliphatic carbocycles. The van der Waals surface area contributed by atoms with Gasteiger partial charge in [-0.15, -0.1) is 0 Å². The first-order valence-electron chi connectivity index (χ1n) is 23.4. The first kappa shape index (κ1) is 54.1. The van der Waals surface area contributed by atoms with Crippen molar-refractivity contribution < 1.29 is 58.7 Å². The number of ether oxygens (including phenoxy) is 6. The van der Waals surface area contributed by atoms with Crippen molar-refractivity contribution >= 4 is 5.97 Å². The van der Waals surface area contributed by atoms with Crippen molar-refractivity contribution in [3.63, 3.8) is 0 Å². The number of carbonyl (C=O) groups is 1. The molecule has 3 fully saturated rings. The normalized spacial score (nSPS) is 44.9. The summed E-state index contributed by atoms with van der Waals surface area (Å²) in [7, 11) is 5.31. The van der Waals surface area contributed by atoms with Gasteiger partial charge in [0.05, 0.1) is 47.6 Å². The molecule has 0 saturated carbocycles. The SMILES string of the molecule is CCCCC/C=C/CCCNC1[C@H](C)C[C@@](C)(O)C(O[C@@H]2O[C@H](C)C[C@H](N(C)C)[C@H]2O)[C@@H](C)[C@H](O[C@H]2C[C@@](C)(OC)[C@@H](O)[C@H](C)O2)[C@@H](C)C(=O)O[C@H](CC)[C@@](C)(O)[C@H](O)[C@H]1C. The third-order valence-electron chi connectivity index (χ3n) is 14.2. The molecule has 3 aliphatic heterocycles. The molecule has 14 heteroatoms. The van der Waals surface area contributed by atoms with Crippen LogP contribution in [0.1, 0.15) is 140 Å². The maximum absolute atomic E-state index is 14.4. The van der Waals surface area contributed by atoms with Crippen LogP contribution in [-0.2, 0) is 33.2 Å². The van der Waals surface area contributed by atoms with Gasteiger partial charge in [-0.05, 0) is 113 Å². The first-order valence-corrected chi connectivity index (χ1v) is 23.4. The molecule has 0 aromatic heterocycles. The second-order valence-corrected chi connectivity index (χ2v) is 19.8. The highest BCUT2D eigenvalue weighted by Crippen LogP contribution is 2.41. The number of methoxy groups -OCH3 is 1. The van der Waals surface area contributed by atoms with Gasteiger partial charge in [0.2, 0.25) is 0 Å². The minimum atomic E-state index is -1.84. The van der Waals surface area contributed by atoms with Crippen LogP contribution < -0.4 is 5.32 Å². The number of esters is 1. The van der Waals surface area contributed by atoms with E-state index in [1.54, 1.807) is 34.6 Å². The van der Waals surface area contributed by atoms with Gasteiger partial charge >= 0.3 is 5.97 Å². The molecule has 0 radical (unpaired) electrons. The molecule has 0 spiro atoms. The number of cyclic esters (lactones) is 1. The van der Waals surface area contributed by atoms with E-state index in [0.29, 0.717) is 13.0 Å². The number of hydrogen-bond acceptors (Lipinski definition) is 14. The maximum atomic E-state index is 14.4. The van der Waals surface area contributed by atoms with Gasteiger partial charge in [-0.3, -0.25) is 4.79 Å². The highest BCUT2D eigenvalue weighted by Gasteiger charge is 2.53. The Kier molecular flexibility index (Phi) is 21.1. The molecule has 0 aromatic rings. The number of unbranched alkanes of at least 4 members (excludes halogenated alkanes) is 4. The third kappa shape index (κ3) is 13.9. The van der Waals surface area contributed by atoms with Crippen molar-refractivity contribution in [2.75, 3.05) is 27.7 Å². The number of nitrogens with zero attached hydrogens (tertiary/aromatic N) is 1. The van der Waals surface area contributed by atoms with Crippen molar-refractivity contribution in [1.82, 2.24) is 10.2 Å². The Balaban J connectivity index is 2.14. The predicted octanol–water partition coefficient (Wildman–Crippen LogP) is 5.09. The average Bonchev–Trinajstić information content (AvgIpc) is 3.19. The van der Waals surface area contributed by atoms with Crippen LogP contribution in [-0.4, -0.2) is 154 Å². The Morgan fingerprint density at radius 2 is 1.51 bits per heavy atom. The van der Waals surface area contributed by atoms with Gasteiger partial charge in [-0.1, -0.05) is 59.6 Å². The number of hydrogen-bond donors (Lipinski definition) is 6. The summed E-state index contributed by atoms with van der Waals surface area (Å²) in [6, 6.07) is -0.687. The fourth-order valence-electron chi connectivity index (χ4n) is 10.2. The molecule has 358 valence electrons. The maximum Gasteiger partial charge on any atom is 0.311 e. The van der Waals surface area contributed by atoms with Crippen LogP contribution in [0.15, 0.2) is 12.2 Å². The molecular weight excluding hydrogens is 785 g/mol. The Labute approximate surface area is 368 Å². The van der Waals surface area contributed by atoms with Crippen LogP contribution in [0.4, 0.5) is 0 Å². The summed E-state index contributed by atoms with van der Waals surface area (Å²) in [5.74, 6) is -3.31. The number of rotatable bonds is 16. The molecule has 3 rings (SSSR count). The lowest BCUT2D eigenvalue weighted by atomic mass is 9.72. The van der Waals surface area contributed by atoms with E-state index in [1.807, 2.05) is 46.7 Å². The summed E-state index contributed by atoms with van der Waals surface area (Å²) in [6.45, 7) is 20.7. The number of carbonyl (C=O) groups excluding carboxylic acids is 1. The van der Waals surface area contributed by atoms with E-state index in [-0.39, 0.29) is 37.3 Å². The number of aliphatic hydroxyl groups excluding tert-OH is 3. The molecule has 19 atom stereocenters. The van der Waals surface area contributed by atoms with Crippen molar-refractivity contribution in [2.45, 2.75) is 231 Å². The van der Waals surface area contributed by atoms with E-state index in [0.717, 1.165) is 19.3 Å². The zero-order chi connectivity index (χ0) is 46.0. The smallest absolute Gasteiger partial charge is 0.311 e. The molecule has 6 N–H and O–H groups in total. The van der Waals surface area contributed by atoms with Crippen LogP contribution in [0.25, 0.3) is 0 Å². The monoisotopic (exact) mass is 873 g/mol. The van der Waals surface area contributed by atoms with Crippen molar-refractivity contribution in [1.29, 1.82) is 0 Å². The molecule has 3 saturated heterocycles. The zero-order valence-electron chi connectivity index (χ0n) is 40.2. The van der Waals surface area contributed by atoms with Gasteiger partial charge in [0.25, 0.3) is 0 Å². The van der Waals surface area contributed by atoms with Crippen molar-refractivity contribution in [3.8, 4) is 0 Å². The van der Waals surface area contributed by atoms with Crippen molar-refractivity contribution in [3.05, 3.63) is 12.2 Å². The van der Waals surface area contributed by atoms with E-state index in [1.165, 1.54) is 33.3 Å². The molecule has 0 aromatic carbocycles. The van der Waals surface area contributed by atoms with Gasteiger partial charge in [0, 0.05) is 37.5 Å². The van der Waals surface area contributed by atoms with E-state index in [2.05, 4.69) is 24.4 Å². The first-order chi connectivity index (χ1) is 28.5. The quantitative estimate of drug-likeness (QED) is 0.0684. The summed E-state index contributed by atoms with van der Waals surface area (Å²) in [6.07, 6.45) is 2.35. The minimum Gasteiger partial charge on any atom is -0.459 e. The van der Waals surface area contributed by atoms with Crippen LogP contribution in [0.5, 0.6) is 0 Å². The standard InChI is InChI=1S/C47H88N2O12/c1-15-17-18-19-20-21-22-23-24-48-37-28(3)26-45(9,54)42(61-44-38(50)34(49(12)13)25-29(4)57-44)31(6)39(60-36-27-46(10,56-14)41(52)33(8)58-36)32(7)43(53)59-35(16-2)47(11,55)40(51)30(37)5/h20-21,28-42,44,48,50-52,54-55H,15-19,22-27H2,1-14H3/b21-20+/t28-,29-,30+,31+,32-,33+,34+,35-,36+,37?,38-,39+,40-,41+,42?,44+,45-,46-,47-/m1/s1. The lowest BCUT2D eigenvalue weighted by Crippen LogP contribution is -2.62. The Hall–Kier alpha value is -1.27. The zero-order valence-corrected chi connectivity index (χ0v) is 40.2. The van der Waals surface area contributed by atoms with E-state index >= 15 is 0 Å². The minimum absolute atomic E-state index is 0.129. The second kappa shape index (κ2) is 23.8. The fraction of sp³-hybridized carbons (Fsp3) is 0.936. The highest BCUT2D eigenvalue weighted by molar-refractivity contribution is 5.73. The van der Waals surface area contributed by atoms with E-state index in [9.17, 15) is 30.3 Å². The predicted molar refractivity (Wildman–Crippen MR) is 236 cm³/mol. The molecule has 3 heterocycles. The number of likely N-dealkylation sites (N-methyl/N-ethyl adjacent to an activating group) is 1. The molecule has 14 nitrogen and oxygen atoms in total. The van der Waals surface area contributed by atoms with Gasteiger partial charge in [0.15, 0.2) is 12.6 Å². The summed E-state index contributed by atoms with van der Waals surface area (Å²) >= 11 is 0. The summed E-state index contributed by atoms with van der Waals surface area (Å²) in [4.78, 5) is 16.4. The molecule has 2 unspecified atom stereocenters. The average molecular weight is 873 g/mol. The largest absolute Gasteiger partial charge is 0.459 e. The number of nitrogens with one attached hydrogen (secondary N) is 1.